The number of amides is 2. The van der Waals surface area contributed by atoms with Crippen LogP contribution in [0.3, 0.4) is 0 Å². The van der Waals surface area contributed by atoms with Crippen LogP contribution in [0.4, 0.5) is 4.39 Å². The zero-order valence-corrected chi connectivity index (χ0v) is 21.6. The molecule has 3 atom stereocenters. The van der Waals surface area contributed by atoms with E-state index in [2.05, 4.69) is 25.6 Å². The highest BCUT2D eigenvalue weighted by molar-refractivity contribution is 6.09. The summed E-state index contributed by atoms with van der Waals surface area (Å²) in [4.78, 5) is 37.3. The van der Waals surface area contributed by atoms with Crippen LogP contribution in [0.1, 0.15) is 67.1 Å². The van der Waals surface area contributed by atoms with Crippen LogP contribution in [0.2, 0.25) is 0 Å². The van der Waals surface area contributed by atoms with Crippen molar-refractivity contribution in [1.82, 2.24) is 25.6 Å². The molecule has 2 aliphatic carbocycles. The van der Waals surface area contributed by atoms with Crippen LogP contribution in [-0.2, 0) is 4.79 Å². The average Bonchev–Trinajstić information content (AvgIpc) is 3.64. The monoisotopic (exact) mass is 507 g/mol. The highest BCUT2D eigenvalue weighted by Crippen LogP contribution is 2.37. The number of aryl methyl sites for hydroxylation is 2. The minimum absolute atomic E-state index is 0.0840. The molecule has 0 bridgehead atoms. The molecule has 2 fully saturated rings. The molecule has 196 valence electrons. The van der Waals surface area contributed by atoms with Gasteiger partial charge < -0.3 is 20.4 Å². The second-order valence-electron chi connectivity index (χ2n) is 10.4. The number of H-pyrrole nitrogens is 1. The van der Waals surface area contributed by atoms with Crippen LogP contribution in [0.15, 0.2) is 24.5 Å². The number of fused-ring (bicyclic) bond motifs is 1. The molecule has 3 N–H and O–H groups in total. The number of benzene rings is 1. The topological polar surface area (TPSA) is 109 Å². The van der Waals surface area contributed by atoms with Gasteiger partial charge in [-0.2, -0.15) is 0 Å². The van der Waals surface area contributed by atoms with Gasteiger partial charge in [0.2, 0.25) is 5.91 Å². The normalized spacial score (nSPS) is 21.6. The summed E-state index contributed by atoms with van der Waals surface area (Å²) in [6.07, 6.45) is 4.23. The lowest BCUT2D eigenvalue weighted by molar-refractivity contribution is -0.121. The lowest BCUT2D eigenvalue weighted by Gasteiger charge is -2.32. The summed E-state index contributed by atoms with van der Waals surface area (Å²) in [5.41, 5.74) is 4.75. The molecule has 5 rings (SSSR count). The summed E-state index contributed by atoms with van der Waals surface area (Å²) in [6.45, 7) is 6.27. The molecule has 1 aromatic carbocycles. The Kier molecular flexibility index (Phi) is 7.13. The SMILES string of the molecule is CCC(=O)N[C@H]1CC[C@@H](NC(=O)c2c(C)[nH]c3c(-c4cc(C)ccc4OCC4CC4)ncnc23)[C@H](F)C1. The van der Waals surface area contributed by atoms with Gasteiger partial charge in [0.05, 0.1) is 23.7 Å². The Labute approximate surface area is 215 Å². The van der Waals surface area contributed by atoms with E-state index in [1.165, 1.54) is 19.2 Å². The fourth-order valence-corrected chi connectivity index (χ4v) is 5.03. The number of carbonyl (C=O) groups excluding carboxylic acids is 2. The molecule has 0 spiro atoms. The predicted molar refractivity (Wildman–Crippen MR) is 139 cm³/mol. The van der Waals surface area contributed by atoms with Gasteiger partial charge in [0.1, 0.15) is 29.5 Å². The number of rotatable bonds is 8. The molecule has 2 saturated carbocycles. The first-order valence-corrected chi connectivity index (χ1v) is 13.1. The van der Waals surface area contributed by atoms with Gasteiger partial charge in [-0.25, -0.2) is 14.4 Å². The number of aromatic amines is 1. The molecule has 0 saturated heterocycles. The Morgan fingerprint density at radius 2 is 1.95 bits per heavy atom. The Morgan fingerprint density at radius 3 is 2.68 bits per heavy atom. The molecule has 37 heavy (non-hydrogen) atoms. The van der Waals surface area contributed by atoms with Crippen LogP contribution < -0.4 is 15.4 Å². The maximum Gasteiger partial charge on any atom is 0.255 e. The maximum atomic E-state index is 15.0. The quantitative estimate of drug-likeness (QED) is 0.415. The van der Waals surface area contributed by atoms with E-state index in [4.69, 9.17) is 4.74 Å². The van der Waals surface area contributed by atoms with E-state index in [9.17, 15) is 14.0 Å². The Bertz CT molecular complexity index is 1320. The van der Waals surface area contributed by atoms with Crippen LogP contribution in [0.25, 0.3) is 22.3 Å². The predicted octanol–water partition coefficient (Wildman–Crippen LogP) is 4.55. The van der Waals surface area contributed by atoms with E-state index in [0.29, 0.717) is 59.8 Å². The first-order valence-electron chi connectivity index (χ1n) is 13.1. The first-order chi connectivity index (χ1) is 17.8. The van der Waals surface area contributed by atoms with E-state index >= 15 is 0 Å². The van der Waals surface area contributed by atoms with Gasteiger partial charge in [0, 0.05) is 30.1 Å². The van der Waals surface area contributed by atoms with Gasteiger partial charge in [0.15, 0.2) is 0 Å². The molecule has 9 heteroatoms. The fraction of sp³-hybridized carbons (Fsp3) is 0.500. The van der Waals surface area contributed by atoms with E-state index in [1.807, 2.05) is 32.0 Å². The number of ether oxygens (including phenoxy) is 1. The van der Waals surface area contributed by atoms with Gasteiger partial charge in [0.25, 0.3) is 5.91 Å². The second-order valence-corrected chi connectivity index (χ2v) is 10.4. The largest absolute Gasteiger partial charge is 0.493 e. The summed E-state index contributed by atoms with van der Waals surface area (Å²) >= 11 is 0. The number of carbonyl (C=O) groups is 2. The number of aromatic nitrogens is 3. The third-order valence-electron chi connectivity index (χ3n) is 7.34. The molecule has 0 aliphatic heterocycles. The number of hydrogen-bond acceptors (Lipinski definition) is 5. The fourth-order valence-electron chi connectivity index (χ4n) is 5.03. The van der Waals surface area contributed by atoms with Crippen molar-refractivity contribution in [3.63, 3.8) is 0 Å². The molecule has 2 amide bonds. The highest BCUT2D eigenvalue weighted by Gasteiger charge is 2.33. The van der Waals surface area contributed by atoms with E-state index in [0.717, 1.165) is 16.9 Å². The molecule has 3 aromatic rings. The maximum absolute atomic E-state index is 15.0. The minimum atomic E-state index is -1.24. The lowest BCUT2D eigenvalue weighted by Crippen LogP contribution is -2.50. The lowest BCUT2D eigenvalue weighted by atomic mass is 9.89. The van der Waals surface area contributed by atoms with Crippen LogP contribution in [0.5, 0.6) is 5.75 Å². The van der Waals surface area contributed by atoms with Crippen molar-refractivity contribution in [3.8, 4) is 17.0 Å². The van der Waals surface area contributed by atoms with Crippen LogP contribution >= 0.6 is 0 Å². The summed E-state index contributed by atoms with van der Waals surface area (Å²) in [7, 11) is 0. The van der Waals surface area contributed by atoms with Gasteiger partial charge >= 0.3 is 0 Å². The van der Waals surface area contributed by atoms with Crippen molar-refractivity contribution in [1.29, 1.82) is 0 Å². The average molecular weight is 508 g/mol. The third kappa shape index (κ3) is 5.45. The minimum Gasteiger partial charge on any atom is -0.493 e. The van der Waals surface area contributed by atoms with Crippen molar-refractivity contribution in [2.24, 2.45) is 5.92 Å². The molecule has 2 aromatic heterocycles. The zero-order chi connectivity index (χ0) is 26.1. The molecule has 0 unspecified atom stereocenters. The van der Waals surface area contributed by atoms with Crippen molar-refractivity contribution in [2.45, 2.75) is 77.6 Å². The zero-order valence-electron chi connectivity index (χ0n) is 21.6. The number of nitrogens with one attached hydrogen (secondary N) is 3. The van der Waals surface area contributed by atoms with E-state index < -0.39 is 12.2 Å². The molecular formula is C28H34FN5O3. The van der Waals surface area contributed by atoms with Gasteiger partial charge in [-0.3, -0.25) is 9.59 Å². The third-order valence-corrected chi connectivity index (χ3v) is 7.34. The molecule has 0 radical (unpaired) electrons. The number of halogens is 1. The molecule has 2 aliphatic rings. The molecular weight excluding hydrogens is 473 g/mol. The summed E-state index contributed by atoms with van der Waals surface area (Å²) in [5.74, 6) is 0.911. The number of nitrogens with zero attached hydrogens (tertiary/aromatic N) is 2. The van der Waals surface area contributed by atoms with Crippen molar-refractivity contribution >= 4 is 22.8 Å². The Morgan fingerprint density at radius 1 is 1.14 bits per heavy atom. The second kappa shape index (κ2) is 10.5. The Hall–Kier alpha value is -3.49. The van der Waals surface area contributed by atoms with E-state index in [-0.39, 0.29) is 24.3 Å². The molecule has 8 nitrogen and oxygen atoms in total. The van der Waals surface area contributed by atoms with Gasteiger partial charge in [-0.15, -0.1) is 0 Å². The van der Waals surface area contributed by atoms with Crippen molar-refractivity contribution < 1.29 is 18.7 Å². The smallest absolute Gasteiger partial charge is 0.255 e. The van der Waals surface area contributed by atoms with Crippen LogP contribution in [-0.4, -0.2) is 51.6 Å². The summed E-state index contributed by atoms with van der Waals surface area (Å²) < 4.78 is 21.1. The standard InChI is InChI=1S/C28H34FN5O3/c1-4-23(35)33-18-8-9-21(20(29)12-18)34-28(36)24-16(3)32-27-25(30-14-31-26(24)27)19-11-15(2)5-10-22(19)37-13-17-6-7-17/h5,10-11,14,17-18,20-21,32H,4,6-9,12-13H2,1-3H3,(H,33,35)(H,34,36)/t18-,20+,21+/m0/s1. The van der Waals surface area contributed by atoms with Gasteiger partial charge in [-0.05, 0) is 57.6 Å². The number of alkyl halides is 1. The molecule has 2 heterocycles. The Balaban J connectivity index is 1.39. The van der Waals surface area contributed by atoms with Crippen LogP contribution in [0, 0.1) is 19.8 Å². The summed E-state index contributed by atoms with van der Waals surface area (Å²) in [6, 6.07) is 5.19. The van der Waals surface area contributed by atoms with Crippen molar-refractivity contribution in [3.05, 3.63) is 41.3 Å². The first kappa shape index (κ1) is 25.2. The number of hydrogen-bond donors (Lipinski definition) is 3. The van der Waals surface area contributed by atoms with Gasteiger partial charge in [-0.1, -0.05) is 18.6 Å². The van der Waals surface area contributed by atoms with E-state index in [1.54, 1.807) is 6.92 Å². The summed E-state index contributed by atoms with van der Waals surface area (Å²) in [5, 5.41) is 5.74. The highest BCUT2D eigenvalue weighted by atomic mass is 19.1. The van der Waals surface area contributed by atoms with Crippen molar-refractivity contribution in [2.75, 3.05) is 6.61 Å².